The number of fused-ring (bicyclic) bond motifs is 3. The van der Waals surface area contributed by atoms with Gasteiger partial charge in [-0.15, -0.1) is 11.6 Å². The summed E-state index contributed by atoms with van der Waals surface area (Å²) in [5, 5.41) is 13.8. The number of ether oxygens (including phenoxy) is 1. The number of aromatic nitrogens is 3. The van der Waals surface area contributed by atoms with Crippen molar-refractivity contribution in [2.24, 2.45) is 0 Å². The minimum atomic E-state index is -0.157. The fourth-order valence-corrected chi connectivity index (χ4v) is 4.88. The maximum absolute atomic E-state index is 11.1. The minimum absolute atomic E-state index is 0.0148. The van der Waals surface area contributed by atoms with Crippen LogP contribution in [-0.2, 0) is 28.9 Å². The summed E-state index contributed by atoms with van der Waals surface area (Å²) in [4.78, 5) is 20.8. The number of nitrogens with one attached hydrogen (secondary N) is 1. The SMILES string of the molecule is CCCCc1nc2c(N)nc3cc(CCCOCCCNC(=O)CCl)ccc3c2n1Cc1ccc(O)c(C)c1. The van der Waals surface area contributed by atoms with Gasteiger partial charge in [0.1, 0.15) is 23.0 Å². The lowest BCUT2D eigenvalue weighted by Crippen LogP contribution is -2.26. The van der Waals surface area contributed by atoms with Crippen LogP contribution < -0.4 is 11.1 Å². The Morgan fingerprint density at radius 2 is 1.87 bits per heavy atom. The quantitative estimate of drug-likeness (QED) is 0.145. The number of hydrogen-bond acceptors (Lipinski definition) is 6. The number of alkyl halides is 1. The van der Waals surface area contributed by atoms with Crippen molar-refractivity contribution in [2.45, 2.75) is 58.9 Å². The highest BCUT2D eigenvalue weighted by Gasteiger charge is 2.18. The number of phenolic OH excluding ortho intramolecular Hbond substituents is 1. The standard InChI is InChI=1S/C30H38ClN5O3/c1-3-4-8-26-35-28-29(36(26)19-22-10-12-25(37)20(2)16-22)23-11-9-21(17-24(23)34-30(28)32)7-5-14-39-15-6-13-33-27(38)18-31/h9-12,16-17,37H,3-8,13-15,18-19H2,1-2H3,(H2,32,34)(H,33,38). The number of carbonyl (C=O) groups excluding carboxylic acids is 1. The Kier molecular flexibility index (Phi) is 10.0. The molecule has 39 heavy (non-hydrogen) atoms. The number of aryl methyl sites for hydroxylation is 3. The van der Waals surface area contributed by atoms with E-state index >= 15 is 0 Å². The highest BCUT2D eigenvalue weighted by atomic mass is 35.5. The van der Waals surface area contributed by atoms with Gasteiger partial charge < -0.3 is 25.5 Å². The molecule has 0 radical (unpaired) electrons. The highest BCUT2D eigenvalue weighted by molar-refractivity contribution is 6.27. The number of aromatic hydroxyl groups is 1. The Hall–Kier alpha value is -3.36. The van der Waals surface area contributed by atoms with Gasteiger partial charge in [0.2, 0.25) is 5.91 Å². The molecule has 0 saturated heterocycles. The second-order valence-corrected chi connectivity index (χ2v) is 10.2. The molecule has 208 valence electrons. The summed E-state index contributed by atoms with van der Waals surface area (Å²) >= 11 is 5.47. The largest absolute Gasteiger partial charge is 0.508 e. The van der Waals surface area contributed by atoms with E-state index in [0.717, 1.165) is 77.4 Å². The number of rotatable bonds is 14. The number of halogens is 1. The van der Waals surface area contributed by atoms with Gasteiger partial charge in [-0.25, -0.2) is 9.97 Å². The summed E-state index contributed by atoms with van der Waals surface area (Å²) in [5.41, 5.74) is 12.2. The Labute approximate surface area is 234 Å². The predicted octanol–water partition coefficient (Wildman–Crippen LogP) is 5.27. The van der Waals surface area contributed by atoms with Crippen LogP contribution in [0.25, 0.3) is 21.9 Å². The van der Waals surface area contributed by atoms with E-state index in [2.05, 4.69) is 35.0 Å². The third-order valence-electron chi connectivity index (χ3n) is 6.87. The van der Waals surface area contributed by atoms with E-state index in [4.69, 9.17) is 32.0 Å². The topological polar surface area (TPSA) is 115 Å². The normalized spacial score (nSPS) is 11.5. The first-order valence-corrected chi connectivity index (χ1v) is 14.2. The number of amides is 1. The number of pyridine rings is 1. The maximum Gasteiger partial charge on any atom is 0.234 e. The summed E-state index contributed by atoms with van der Waals surface area (Å²) in [6.45, 7) is 6.55. The molecule has 4 aromatic rings. The molecule has 0 aliphatic heterocycles. The first-order chi connectivity index (χ1) is 18.9. The molecule has 4 rings (SSSR count). The van der Waals surface area contributed by atoms with Crippen LogP contribution in [0.1, 0.15) is 55.1 Å². The average Bonchev–Trinajstić information content (AvgIpc) is 3.29. The molecule has 0 aliphatic rings. The number of unbranched alkanes of at least 4 members (excludes halogenated alkanes) is 1. The van der Waals surface area contributed by atoms with E-state index < -0.39 is 0 Å². The number of carbonyl (C=O) groups is 1. The molecule has 8 nitrogen and oxygen atoms in total. The number of nitrogens with two attached hydrogens (primary N) is 1. The number of anilines is 1. The van der Waals surface area contributed by atoms with Gasteiger partial charge in [0.05, 0.1) is 11.0 Å². The zero-order valence-electron chi connectivity index (χ0n) is 22.8. The van der Waals surface area contributed by atoms with Crippen LogP contribution in [0, 0.1) is 6.92 Å². The Morgan fingerprint density at radius 3 is 2.64 bits per heavy atom. The summed E-state index contributed by atoms with van der Waals surface area (Å²) in [6, 6.07) is 12.1. The molecular formula is C30H38ClN5O3. The molecule has 0 aliphatic carbocycles. The zero-order valence-corrected chi connectivity index (χ0v) is 23.6. The van der Waals surface area contributed by atoms with Gasteiger partial charge in [-0.2, -0.15) is 0 Å². The predicted molar refractivity (Wildman–Crippen MR) is 157 cm³/mol. The van der Waals surface area contributed by atoms with Gasteiger partial charge in [0.15, 0.2) is 5.82 Å². The van der Waals surface area contributed by atoms with Crippen LogP contribution in [0.5, 0.6) is 5.75 Å². The molecule has 0 spiro atoms. The van der Waals surface area contributed by atoms with Crippen LogP contribution in [0.2, 0.25) is 0 Å². The summed E-state index contributed by atoms with van der Waals surface area (Å²) in [7, 11) is 0. The molecular weight excluding hydrogens is 514 g/mol. The molecule has 1 amide bonds. The lowest BCUT2D eigenvalue weighted by molar-refractivity contribution is -0.118. The van der Waals surface area contributed by atoms with Crippen LogP contribution in [0.15, 0.2) is 36.4 Å². The van der Waals surface area contributed by atoms with E-state index in [1.807, 2.05) is 19.1 Å². The van der Waals surface area contributed by atoms with E-state index in [1.165, 1.54) is 5.56 Å². The molecule has 0 fully saturated rings. The summed E-state index contributed by atoms with van der Waals surface area (Å²) in [6.07, 6.45) is 5.49. The lowest BCUT2D eigenvalue weighted by atomic mass is 10.1. The van der Waals surface area contributed by atoms with Gasteiger partial charge in [-0.05, 0) is 61.4 Å². The average molecular weight is 552 g/mol. The van der Waals surface area contributed by atoms with Crippen molar-refractivity contribution in [3.8, 4) is 5.75 Å². The molecule has 2 aromatic carbocycles. The number of hydrogen-bond donors (Lipinski definition) is 3. The van der Waals surface area contributed by atoms with Gasteiger partial charge >= 0.3 is 0 Å². The summed E-state index contributed by atoms with van der Waals surface area (Å²) < 4.78 is 7.98. The van der Waals surface area contributed by atoms with Gasteiger partial charge in [-0.1, -0.05) is 37.6 Å². The van der Waals surface area contributed by atoms with Crippen molar-refractivity contribution < 1.29 is 14.6 Å². The van der Waals surface area contributed by atoms with Crippen molar-refractivity contribution in [3.63, 3.8) is 0 Å². The van der Waals surface area contributed by atoms with Crippen LogP contribution in [0.3, 0.4) is 0 Å². The number of nitrogen functional groups attached to an aromatic ring is 1. The minimum Gasteiger partial charge on any atom is -0.508 e. The number of nitrogens with zero attached hydrogens (tertiary/aromatic N) is 3. The molecule has 0 bridgehead atoms. The molecule has 0 atom stereocenters. The van der Waals surface area contributed by atoms with Gasteiger partial charge in [-0.3, -0.25) is 4.79 Å². The fraction of sp³-hybridized carbons (Fsp3) is 0.433. The molecule has 0 unspecified atom stereocenters. The van der Waals surface area contributed by atoms with E-state index in [9.17, 15) is 9.90 Å². The lowest BCUT2D eigenvalue weighted by Gasteiger charge is -2.13. The van der Waals surface area contributed by atoms with Crippen molar-refractivity contribution in [2.75, 3.05) is 31.4 Å². The van der Waals surface area contributed by atoms with Crippen molar-refractivity contribution >= 4 is 45.3 Å². The maximum atomic E-state index is 11.1. The van der Waals surface area contributed by atoms with E-state index in [0.29, 0.717) is 37.9 Å². The monoisotopic (exact) mass is 551 g/mol. The van der Waals surface area contributed by atoms with Crippen LogP contribution in [0.4, 0.5) is 5.82 Å². The first-order valence-electron chi connectivity index (χ1n) is 13.7. The Balaban J connectivity index is 1.52. The number of phenols is 1. The van der Waals surface area contributed by atoms with Crippen molar-refractivity contribution in [3.05, 3.63) is 58.9 Å². The first kappa shape index (κ1) is 28.6. The van der Waals surface area contributed by atoms with E-state index in [-0.39, 0.29) is 11.8 Å². The number of imidazole rings is 1. The van der Waals surface area contributed by atoms with Crippen LogP contribution in [-0.4, -0.2) is 51.2 Å². The van der Waals surface area contributed by atoms with Gasteiger partial charge in [0, 0.05) is 38.1 Å². The fourth-order valence-electron chi connectivity index (χ4n) is 4.78. The molecule has 0 saturated carbocycles. The van der Waals surface area contributed by atoms with Crippen molar-refractivity contribution in [1.29, 1.82) is 0 Å². The number of benzene rings is 2. The molecule has 2 aromatic heterocycles. The second-order valence-electron chi connectivity index (χ2n) is 9.94. The van der Waals surface area contributed by atoms with Crippen LogP contribution >= 0.6 is 11.6 Å². The van der Waals surface area contributed by atoms with Gasteiger partial charge in [0.25, 0.3) is 0 Å². The zero-order chi connectivity index (χ0) is 27.8. The van der Waals surface area contributed by atoms with Crippen molar-refractivity contribution in [1.82, 2.24) is 19.9 Å². The smallest absolute Gasteiger partial charge is 0.234 e. The Bertz CT molecular complexity index is 1440. The molecule has 9 heteroatoms. The second kappa shape index (κ2) is 13.6. The third-order valence-corrected chi connectivity index (χ3v) is 7.11. The van der Waals surface area contributed by atoms with E-state index in [1.54, 1.807) is 6.07 Å². The highest BCUT2D eigenvalue weighted by Crippen LogP contribution is 2.31. The molecule has 4 N–H and O–H groups in total. The Morgan fingerprint density at radius 1 is 1.08 bits per heavy atom. The summed E-state index contributed by atoms with van der Waals surface area (Å²) in [5.74, 6) is 1.57. The third kappa shape index (κ3) is 7.19. The molecule has 2 heterocycles.